The van der Waals surface area contributed by atoms with E-state index in [1.54, 1.807) is 23.9 Å². The fourth-order valence-electron chi connectivity index (χ4n) is 2.04. The summed E-state index contributed by atoms with van der Waals surface area (Å²) in [4.78, 5) is 4.63. The molecule has 2 nitrogen and oxygen atoms in total. The Morgan fingerprint density at radius 3 is 2.35 bits per heavy atom. The first-order chi connectivity index (χ1) is 9.78. The number of aromatic nitrogens is 2. The molecule has 1 heterocycles. The van der Waals surface area contributed by atoms with Gasteiger partial charge in [-0.25, -0.2) is 9.37 Å². The third-order valence-electron chi connectivity index (χ3n) is 3.03. The molecule has 0 aliphatic heterocycles. The minimum Gasteiger partial charge on any atom is -0.294 e. The van der Waals surface area contributed by atoms with Crippen LogP contribution in [0, 0.1) is 5.82 Å². The van der Waals surface area contributed by atoms with E-state index in [2.05, 4.69) is 4.98 Å². The Bertz CT molecular complexity index is 705. The summed E-state index contributed by atoms with van der Waals surface area (Å²) in [7, 11) is 0. The van der Waals surface area contributed by atoms with Gasteiger partial charge in [-0.1, -0.05) is 42.1 Å². The minimum atomic E-state index is -0.233. The molecule has 0 saturated heterocycles. The highest BCUT2D eigenvalue weighted by molar-refractivity contribution is 7.98. The molecule has 0 amide bonds. The van der Waals surface area contributed by atoms with Crippen LogP contribution < -0.4 is 0 Å². The van der Waals surface area contributed by atoms with Crippen LogP contribution in [0.2, 0.25) is 0 Å². The number of thioether (sulfide) groups is 1. The summed E-state index contributed by atoms with van der Waals surface area (Å²) < 4.78 is 15.0. The number of benzene rings is 2. The van der Waals surface area contributed by atoms with Crippen LogP contribution in [0.15, 0.2) is 66.0 Å². The van der Waals surface area contributed by atoms with Crippen molar-refractivity contribution in [3.63, 3.8) is 0 Å². The normalized spacial score (nSPS) is 10.7. The van der Waals surface area contributed by atoms with Crippen LogP contribution in [-0.4, -0.2) is 15.8 Å². The van der Waals surface area contributed by atoms with E-state index >= 15 is 0 Å². The van der Waals surface area contributed by atoms with Crippen molar-refractivity contribution in [3.05, 3.63) is 66.6 Å². The van der Waals surface area contributed by atoms with E-state index in [4.69, 9.17) is 0 Å². The lowest BCUT2D eigenvalue weighted by molar-refractivity contribution is 0.627. The summed E-state index contributed by atoms with van der Waals surface area (Å²) in [6.07, 6.45) is 3.96. The lowest BCUT2D eigenvalue weighted by Gasteiger charge is -2.04. The number of hydrogen-bond acceptors (Lipinski definition) is 2. The van der Waals surface area contributed by atoms with Gasteiger partial charge in [-0.05, 0) is 30.5 Å². The predicted molar refractivity (Wildman–Crippen MR) is 80.7 cm³/mol. The van der Waals surface area contributed by atoms with E-state index in [0.717, 1.165) is 22.1 Å². The molecule has 3 rings (SSSR count). The molecular formula is C16H13FN2S. The average molecular weight is 284 g/mol. The molecule has 0 aliphatic carbocycles. The Labute approximate surface area is 121 Å². The average Bonchev–Trinajstić information content (AvgIpc) is 2.93. The van der Waals surface area contributed by atoms with Crippen molar-refractivity contribution in [2.75, 3.05) is 6.26 Å². The number of halogens is 1. The lowest BCUT2D eigenvalue weighted by atomic mass is 10.2. The minimum absolute atomic E-state index is 0.233. The van der Waals surface area contributed by atoms with Gasteiger partial charge in [0, 0.05) is 17.4 Å². The van der Waals surface area contributed by atoms with Crippen molar-refractivity contribution in [2.24, 2.45) is 0 Å². The van der Waals surface area contributed by atoms with E-state index in [0.29, 0.717) is 0 Å². The Hall–Kier alpha value is -2.07. The third kappa shape index (κ3) is 2.47. The summed E-state index contributed by atoms with van der Waals surface area (Å²) in [5.74, 6) is -0.233. The van der Waals surface area contributed by atoms with Gasteiger partial charge in [0.15, 0.2) is 5.16 Å². The highest BCUT2D eigenvalue weighted by Crippen LogP contribution is 2.25. The summed E-state index contributed by atoms with van der Waals surface area (Å²) in [6.45, 7) is 0. The molecule has 0 aliphatic rings. The Morgan fingerprint density at radius 1 is 1.00 bits per heavy atom. The second-order valence-electron chi connectivity index (χ2n) is 4.33. The van der Waals surface area contributed by atoms with Crippen LogP contribution in [0.4, 0.5) is 4.39 Å². The van der Waals surface area contributed by atoms with Crippen LogP contribution in [0.25, 0.3) is 16.9 Å². The number of rotatable bonds is 3. The van der Waals surface area contributed by atoms with Gasteiger partial charge in [0.05, 0.1) is 5.69 Å². The largest absolute Gasteiger partial charge is 0.294 e. The molecule has 0 bridgehead atoms. The van der Waals surface area contributed by atoms with Gasteiger partial charge in [0.1, 0.15) is 5.82 Å². The summed E-state index contributed by atoms with van der Waals surface area (Å²) in [6, 6.07) is 16.5. The molecule has 0 saturated carbocycles. The van der Waals surface area contributed by atoms with E-state index in [9.17, 15) is 4.39 Å². The Morgan fingerprint density at radius 2 is 1.70 bits per heavy atom. The molecule has 20 heavy (non-hydrogen) atoms. The lowest BCUT2D eigenvalue weighted by Crippen LogP contribution is -1.94. The van der Waals surface area contributed by atoms with Crippen LogP contribution in [-0.2, 0) is 0 Å². The monoisotopic (exact) mass is 284 g/mol. The zero-order valence-corrected chi connectivity index (χ0v) is 11.8. The van der Waals surface area contributed by atoms with E-state index in [1.165, 1.54) is 12.1 Å². The SMILES string of the molecule is CSc1nc(-c2ccccc2)cn1-c1ccc(F)cc1. The molecule has 0 unspecified atom stereocenters. The standard InChI is InChI=1S/C16H13FN2S/c1-20-16-18-15(12-5-3-2-4-6-12)11-19(16)14-9-7-13(17)8-10-14/h2-11H,1H3. The van der Waals surface area contributed by atoms with E-state index < -0.39 is 0 Å². The maximum atomic E-state index is 13.0. The van der Waals surface area contributed by atoms with Crippen molar-refractivity contribution < 1.29 is 4.39 Å². The second-order valence-corrected chi connectivity index (χ2v) is 5.10. The number of imidazole rings is 1. The fraction of sp³-hybridized carbons (Fsp3) is 0.0625. The molecule has 0 spiro atoms. The molecule has 3 aromatic rings. The fourth-order valence-corrected chi connectivity index (χ4v) is 2.59. The highest BCUT2D eigenvalue weighted by atomic mass is 32.2. The zero-order valence-electron chi connectivity index (χ0n) is 11.0. The summed E-state index contributed by atoms with van der Waals surface area (Å²) >= 11 is 1.57. The van der Waals surface area contributed by atoms with Crippen molar-refractivity contribution in [3.8, 4) is 16.9 Å². The second kappa shape index (κ2) is 5.51. The van der Waals surface area contributed by atoms with Crippen LogP contribution in [0.3, 0.4) is 0 Å². The number of nitrogens with zero attached hydrogens (tertiary/aromatic N) is 2. The Kier molecular flexibility index (Phi) is 3.56. The quantitative estimate of drug-likeness (QED) is 0.663. The molecule has 0 radical (unpaired) electrons. The molecule has 2 aromatic carbocycles. The number of hydrogen-bond donors (Lipinski definition) is 0. The molecule has 0 atom stereocenters. The van der Waals surface area contributed by atoms with Crippen molar-refractivity contribution in [2.45, 2.75) is 5.16 Å². The van der Waals surface area contributed by atoms with Gasteiger partial charge >= 0.3 is 0 Å². The molecule has 100 valence electrons. The smallest absolute Gasteiger partial charge is 0.172 e. The highest BCUT2D eigenvalue weighted by Gasteiger charge is 2.10. The topological polar surface area (TPSA) is 17.8 Å². The van der Waals surface area contributed by atoms with Crippen LogP contribution in [0.1, 0.15) is 0 Å². The first-order valence-electron chi connectivity index (χ1n) is 6.22. The zero-order chi connectivity index (χ0) is 13.9. The predicted octanol–water partition coefficient (Wildman–Crippen LogP) is 4.40. The van der Waals surface area contributed by atoms with Gasteiger partial charge in [0.25, 0.3) is 0 Å². The molecule has 1 aromatic heterocycles. The summed E-state index contributed by atoms with van der Waals surface area (Å²) in [5, 5.41) is 0.885. The van der Waals surface area contributed by atoms with Gasteiger partial charge in [-0.3, -0.25) is 4.57 Å². The molecule has 0 fully saturated rings. The van der Waals surface area contributed by atoms with Crippen LogP contribution in [0.5, 0.6) is 0 Å². The van der Waals surface area contributed by atoms with Gasteiger partial charge in [-0.2, -0.15) is 0 Å². The first kappa shape index (κ1) is 12.9. The van der Waals surface area contributed by atoms with E-state index in [1.807, 2.05) is 47.4 Å². The van der Waals surface area contributed by atoms with Gasteiger partial charge in [0.2, 0.25) is 0 Å². The third-order valence-corrected chi connectivity index (χ3v) is 3.68. The maximum Gasteiger partial charge on any atom is 0.172 e. The van der Waals surface area contributed by atoms with Crippen LogP contribution >= 0.6 is 11.8 Å². The maximum absolute atomic E-state index is 13.0. The molecular weight excluding hydrogens is 271 g/mol. The van der Waals surface area contributed by atoms with Gasteiger partial charge in [-0.15, -0.1) is 0 Å². The first-order valence-corrected chi connectivity index (χ1v) is 7.45. The van der Waals surface area contributed by atoms with Crippen molar-refractivity contribution in [1.82, 2.24) is 9.55 Å². The molecule has 0 N–H and O–H groups in total. The van der Waals surface area contributed by atoms with Gasteiger partial charge < -0.3 is 0 Å². The Balaban J connectivity index is 2.07. The van der Waals surface area contributed by atoms with Crippen molar-refractivity contribution in [1.29, 1.82) is 0 Å². The summed E-state index contributed by atoms with van der Waals surface area (Å²) in [5.41, 5.74) is 2.90. The molecule has 4 heteroatoms. The van der Waals surface area contributed by atoms with Crippen molar-refractivity contribution >= 4 is 11.8 Å². The van der Waals surface area contributed by atoms with E-state index in [-0.39, 0.29) is 5.82 Å².